The predicted octanol–water partition coefficient (Wildman–Crippen LogP) is 5.02. The number of aliphatic hydroxyl groups excluding tert-OH is 5. The van der Waals surface area contributed by atoms with Crippen molar-refractivity contribution in [2.75, 3.05) is 26.9 Å². The maximum absolute atomic E-state index is 13.1. The van der Waals surface area contributed by atoms with Crippen molar-refractivity contribution in [1.82, 2.24) is 4.57 Å². The number of carboxylic acids is 1. The van der Waals surface area contributed by atoms with Crippen LogP contribution in [0.25, 0.3) is 0 Å². The first-order valence-electron chi connectivity index (χ1n) is 25.2. The summed E-state index contributed by atoms with van der Waals surface area (Å²) in [6.07, 6.45) is 9.54. The summed E-state index contributed by atoms with van der Waals surface area (Å²) in [4.78, 5) is 11.6. The minimum Gasteiger partial charge on any atom is -0.478 e. The van der Waals surface area contributed by atoms with E-state index in [2.05, 4.69) is 30.8 Å². The Balaban J connectivity index is 1.13. The van der Waals surface area contributed by atoms with Gasteiger partial charge in [0, 0.05) is 44.4 Å². The monoisotopic (exact) mass is 978 g/mol. The number of rotatable bonds is 18. The molecule has 0 radical (unpaired) electrons. The van der Waals surface area contributed by atoms with Gasteiger partial charge in [-0.3, -0.25) is 0 Å². The van der Waals surface area contributed by atoms with E-state index in [4.69, 9.17) is 18.9 Å². The third kappa shape index (κ3) is 10.7. The number of hydrogen-bond acceptors (Lipinski definition) is 13. The fraction of sp³-hybridized carbons (Fsp3) is 0.571. The van der Waals surface area contributed by atoms with E-state index < -0.39 is 71.9 Å². The smallest absolute Gasteiger partial charge is 0.335 e. The molecular formula is C56H70N2O13. The van der Waals surface area contributed by atoms with Crippen molar-refractivity contribution >= 4 is 5.97 Å². The van der Waals surface area contributed by atoms with Crippen molar-refractivity contribution in [2.45, 2.75) is 138 Å². The van der Waals surface area contributed by atoms with Gasteiger partial charge in [0.25, 0.3) is 0 Å². The second-order valence-electron chi connectivity index (χ2n) is 20.9. The van der Waals surface area contributed by atoms with Crippen LogP contribution in [0.15, 0.2) is 85.7 Å². The molecule has 6 aliphatic rings. The zero-order valence-electron chi connectivity index (χ0n) is 40.5. The first-order chi connectivity index (χ1) is 34.2. The van der Waals surface area contributed by atoms with E-state index in [1.54, 1.807) is 60.5 Å². The Morgan fingerprint density at radius 2 is 1.82 bits per heavy atom. The summed E-state index contributed by atoms with van der Waals surface area (Å²) < 4.78 is 26.7. The molecule has 15 nitrogen and oxygen atoms in total. The number of carboxylic acid groups (broad SMARTS) is 1. The van der Waals surface area contributed by atoms with Crippen LogP contribution < -0.4 is 4.74 Å². The lowest BCUT2D eigenvalue weighted by molar-refractivity contribution is -0.334. The molecule has 14 atom stereocenters. The Labute approximate surface area is 416 Å². The minimum absolute atomic E-state index is 0.0688. The van der Waals surface area contributed by atoms with Crippen LogP contribution in [0.2, 0.25) is 0 Å². The van der Waals surface area contributed by atoms with Crippen molar-refractivity contribution in [2.24, 2.45) is 35.0 Å². The normalized spacial score (nSPS) is 32.8. The number of aromatic carboxylic acids is 1. The van der Waals surface area contributed by atoms with Crippen molar-refractivity contribution in [1.29, 1.82) is 5.26 Å². The first kappa shape index (κ1) is 52.3. The molecule has 15 heteroatoms. The fourth-order valence-corrected chi connectivity index (χ4v) is 13.1. The minimum atomic E-state index is -2.36. The molecule has 3 fully saturated rings. The number of aromatic nitrogens is 1. The van der Waals surface area contributed by atoms with Crippen LogP contribution in [-0.4, -0.2) is 126 Å². The van der Waals surface area contributed by atoms with Crippen LogP contribution in [0.3, 0.4) is 0 Å². The van der Waals surface area contributed by atoms with Gasteiger partial charge in [-0.25, -0.2) is 4.79 Å². The third-order valence-corrected chi connectivity index (χ3v) is 16.6. The second kappa shape index (κ2) is 22.4. The molecule has 382 valence electrons. The van der Waals surface area contributed by atoms with Crippen LogP contribution in [0.4, 0.5) is 0 Å². The van der Waals surface area contributed by atoms with E-state index in [1.807, 2.05) is 24.3 Å². The summed E-state index contributed by atoms with van der Waals surface area (Å²) in [5, 5.41) is 102. The molecule has 4 heterocycles. The molecule has 1 spiro atoms. The highest BCUT2D eigenvalue weighted by Gasteiger charge is 2.64. The van der Waals surface area contributed by atoms with E-state index in [1.165, 1.54) is 0 Å². The third-order valence-electron chi connectivity index (χ3n) is 16.6. The van der Waals surface area contributed by atoms with Crippen LogP contribution in [0.5, 0.6) is 5.75 Å². The molecule has 2 aromatic carbocycles. The standard InChI is InChI=1S/C56H70N2O13/c1-3-8-37-15-17-43(27-40(37)26-41(34-68-2)45(33-60)58-22-19-36(31-57)32-58)70-53-56(67)30-44(46(61)9-7-24-69-47(10-6-23-59)50(71-53)49(62)51(56)63)39-16-18-48-54(20-4-5-21-54)42(29-55(48,66)28-39)25-35-11-13-38(14-12-35)52(64)65/h3,11-19,22,27,32,39,41-42,44-51,53,59-63,66-67H,1,4-6,8-10,20-21,23,25-26,28-30,33-34H2,2H3,(H,64,65)/t39-,41+,42-,44-,45-,46+,47+,48+,49-,50-,51+,53+,55-,56-/m1/s1. The van der Waals surface area contributed by atoms with Gasteiger partial charge in [-0.1, -0.05) is 55.2 Å². The number of benzene rings is 2. The molecule has 8 N–H and O–H groups in total. The van der Waals surface area contributed by atoms with Crippen LogP contribution in [-0.2, 0) is 33.5 Å². The number of carbonyl (C=O) groups is 1. The molecule has 0 unspecified atom stereocenters. The molecule has 71 heavy (non-hydrogen) atoms. The number of methoxy groups -OCH3 is 1. The number of nitrogens with zero attached hydrogens (tertiary/aromatic N) is 2. The van der Waals surface area contributed by atoms with Gasteiger partial charge in [0.2, 0.25) is 6.29 Å². The van der Waals surface area contributed by atoms with Crippen LogP contribution in [0.1, 0.15) is 103 Å². The summed E-state index contributed by atoms with van der Waals surface area (Å²) >= 11 is 0. The van der Waals surface area contributed by atoms with Gasteiger partial charge in [-0.05, 0) is 134 Å². The number of aliphatic hydroxyl groups is 7. The Morgan fingerprint density at radius 3 is 2.49 bits per heavy atom. The van der Waals surface area contributed by atoms with E-state index in [-0.39, 0.29) is 86.4 Å². The predicted molar refractivity (Wildman–Crippen MR) is 260 cm³/mol. The molecule has 2 bridgehead atoms. The Kier molecular flexibility index (Phi) is 16.5. The molecule has 2 saturated carbocycles. The lowest BCUT2D eigenvalue weighted by atomic mass is 9.62. The highest BCUT2D eigenvalue weighted by Crippen LogP contribution is 2.65. The first-order valence-corrected chi connectivity index (χ1v) is 25.2. The van der Waals surface area contributed by atoms with E-state index >= 15 is 0 Å². The van der Waals surface area contributed by atoms with Gasteiger partial charge in [0.15, 0.2) is 5.60 Å². The van der Waals surface area contributed by atoms with Crippen molar-refractivity contribution in [3.8, 4) is 23.8 Å². The summed E-state index contributed by atoms with van der Waals surface area (Å²) in [7, 11) is 1.58. The number of allylic oxidation sites excluding steroid dienone is 2. The highest BCUT2D eigenvalue weighted by atomic mass is 16.7. The molecule has 3 aromatic rings. The zero-order valence-corrected chi connectivity index (χ0v) is 40.5. The SMILES string of the molecule is C=CCc1ccc(O[C@H]2O[C@H]3[C@@H](O)[C@H](O)[C@]2(O)C[C@H]([C@@H]2C=C[C@H]4C5(CCCC5)[C@H](Cc5ccc(C(=O)O)cc5)C[C@]4(O)C2)[C@@H](O)CC#CO[C@H]3CCCO)cc1C[C@@H](COC)[C@@H](CO)n1ccc(C#N)c1. The van der Waals surface area contributed by atoms with E-state index in [0.717, 1.165) is 42.4 Å². The largest absolute Gasteiger partial charge is 0.478 e. The second-order valence-corrected chi connectivity index (χ2v) is 20.9. The number of ether oxygens (including phenoxy) is 4. The Hall–Kier alpha value is -5.04. The van der Waals surface area contributed by atoms with Gasteiger partial charge in [-0.2, -0.15) is 5.26 Å². The number of fused-ring (bicyclic) bond motifs is 10. The molecule has 3 aliphatic carbocycles. The molecule has 3 aliphatic heterocycles. The number of nitriles is 1. The van der Waals surface area contributed by atoms with Crippen molar-refractivity contribution in [3.63, 3.8) is 0 Å². The van der Waals surface area contributed by atoms with E-state index in [9.17, 15) is 50.9 Å². The van der Waals surface area contributed by atoms with Gasteiger partial charge in [0.1, 0.15) is 42.3 Å². The van der Waals surface area contributed by atoms with Crippen LogP contribution >= 0.6 is 0 Å². The van der Waals surface area contributed by atoms with Gasteiger partial charge < -0.3 is 64.4 Å². The summed E-state index contributed by atoms with van der Waals surface area (Å²) in [6.45, 7) is 3.79. The molecule has 1 aromatic heterocycles. The molecule has 0 amide bonds. The average molecular weight is 979 g/mol. The molecular weight excluding hydrogens is 909 g/mol. The molecule has 1 saturated heterocycles. The maximum atomic E-state index is 13.1. The molecule has 9 rings (SSSR count). The van der Waals surface area contributed by atoms with Gasteiger partial charge >= 0.3 is 5.97 Å². The number of hydrogen-bond donors (Lipinski definition) is 8. The summed E-state index contributed by atoms with van der Waals surface area (Å²) in [6, 6.07) is 15.7. The van der Waals surface area contributed by atoms with E-state index in [0.29, 0.717) is 31.2 Å². The Morgan fingerprint density at radius 1 is 1.04 bits per heavy atom. The lowest BCUT2D eigenvalue weighted by Crippen LogP contribution is -2.70. The fourth-order valence-electron chi connectivity index (χ4n) is 13.1. The summed E-state index contributed by atoms with van der Waals surface area (Å²) in [5.41, 5.74) is -0.334. The van der Waals surface area contributed by atoms with Crippen molar-refractivity contribution < 1.29 is 64.6 Å². The summed E-state index contributed by atoms with van der Waals surface area (Å²) in [5.74, 6) is 0.444. The zero-order chi connectivity index (χ0) is 50.5. The van der Waals surface area contributed by atoms with Crippen LogP contribution in [0, 0.1) is 58.4 Å². The van der Waals surface area contributed by atoms with Gasteiger partial charge in [-0.15, -0.1) is 6.58 Å². The average Bonchev–Trinajstić information content (AvgIpc) is 4.10. The maximum Gasteiger partial charge on any atom is 0.335 e. The quantitative estimate of drug-likeness (QED) is 0.0617. The highest BCUT2D eigenvalue weighted by molar-refractivity contribution is 5.87. The lowest BCUT2D eigenvalue weighted by Gasteiger charge is -2.51. The topological polar surface area (TPSA) is 245 Å². The van der Waals surface area contributed by atoms with Gasteiger partial charge in [0.05, 0.1) is 42.1 Å². The van der Waals surface area contributed by atoms with Crippen molar-refractivity contribution in [3.05, 3.63) is 114 Å². The Bertz CT molecular complexity index is 2450.